The van der Waals surface area contributed by atoms with Crippen LogP contribution in [0.2, 0.25) is 0 Å². The number of esters is 1. The van der Waals surface area contributed by atoms with Crippen LogP contribution in [0.1, 0.15) is 100 Å². The first-order chi connectivity index (χ1) is 16.0. The minimum atomic E-state index is -0.187. The van der Waals surface area contributed by atoms with Crippen molar-refractivity contribution in [2.45, 2.75) is 90.9 Å². The second-order valence-electron chi connectivity index (χ2n) is 10.0. The number of hydrogen-bond acceptors (Lipinski definition) is 3. The second kappa shape index (κ2) is 12.6. The van der Waals surface area contributed by atoms with E-state index in [2.05, 4.69) is 51.1 Å². The van der Waals surface area contributed by atoms with Gasteiger partial charge in [0.2, 0.25) is 0 Å². The van der Waals surface area contributed by atoms with Gasteiger partial charge in [0.25, 0.3) is 0 Å². The van der Waals surface area contributed by atoms with E-state index in [4.69, 9.17) is 4.74 Å². The van der Waals surface area contributed by atoms with Crippen LogP contribution in [0.3, 0.4) is 0 Å². The Labute approximate surface area is 200 Å². The molecule has 0 atom stereocenters. The van der Waals surface area contributed by atoms with Gasteiger partial charge >= 0.3 is 5.97 Å². The van der Waals surface area contributed by atoms with E-state index in [0.717, 1.165) is 56.4 Å². The van der Waals surface area contributed by atoms with Crippen LogP contribution in [0.4, 0.5) is 0 Å². The summed E-state index contributed by atoms with van der Waals surface area (Å²) in [6.07, 6.45) is 10.5. The first-order valence-electron chi connectivity index (χ1n) is 12.8. The number of carbonyl (C=O) groups is 1. The summed E-state index contributed by atoms with van der Waals surface area (Å²) in [7, 11) is 0. The average molecular weight is 446 g/mol. The summed E-state index contributed by atoms with van der Waals surface area (Å²) in [5.74, 6) is 1.38. The lowest BCUT2D eigenvalue weighted by Gasteiger charge is -2.27. The first kappa shape index (κ1) is 25.0. The summed E-state index contributed by atoms with van der Waals surface area (Å²) in [5.41, 5.74) is 4.40. The molecule has 0 bridgehead atoms. The summed E-state index contributed by atoms with van der Waals surface area (Å²) in [5, 5.41) is 9.54. The molecule has 0 saturated heterocycles. The topological polar surface area (TPSA) is 50.1 Å². The normalized spacial score (nSPS) is 18.2. The molecule has 33 heavy (non-hydrogen) atoms. The first-order valence-corrected chi connectivity index (χ1v) is 12.8. The van der Waals surface area contributed by atoms with Gasteiger partial charge in [-0.15, -0.1) is 0 Å². The Morgan fingerprint density at radius 2 is 1.70 bits per heavy atom. The lowest BCUT2D eigenvalue weighted by atomic mass is 9.78. The van der Waals surface area contributed by atoms with Crippen molar-refractivity contribution in [3.05, 3.63) is 64.7 Å². The van der Waals surface area contributed by atoms with Crippen LogP contribution in [0, 0.1) is 23.2 Å². The molecule has 3 heteroatoms. The van der Waals surface area contributed by atoms with Crippen LogP contribution in [0.5, 0.6) is 5.75 Å². The van der Waals surface area contributed by atoms with Crippen LogP contribution in [-0.4, -0.2) is 5.97 Å². The Morgan fingerprint density at radius 1 is 1.00 bits per heavy atom. The molecule has 0 aromatic heterocycles. The molecule has 1 saturated carbocycles. The van der Waals surface area contributed by atoms with Crippen LogP contribution in [-0.2, 0) is 17.6 Å². The van der Waals surface area contributed by atoms with E-state index in [9.17, 15) is 10.1 Å². The Balaban J connectivity index is 1.51. The van der Waals surface area contributed by atoms with Gasteiger partial charge in [0.1, 0.15) is 11.8 Å². The van der Waals surface area contributed by atoms with Gasteiger partial charge in [-0.25, -0.2) is 0 Å². The number of hydrogen-bond donors (Lipinski definition) is 0. The van der Waals surface area contributed by atoms with Crippen molar-refractivity contribution in [2.75, 3.05) is 0 Å². The van der Waals surface area contributed by atoms with Gasteiger partial charge in [0.15, 0.2) is 0 Å². The van der Waals surface area contributed by atoms with Gasteiger partial charge in [-0.05, 0) is 92.0 Å². The summed E-state index contributed by atoms with van der Waals surface area (Å²) in [4.78, 5) is 12.8. The number of nitriles is 1. The molecule has 0 aliphatic heterocycles. The number of carbonyl (C=O) groups excluding carboxylic acids is 1. The van der Waals surface area contributed by atoms with Gasteiger partial charge in [-0.1, -0.05) is 63.9 Å². The van der Waals surface area contributed by atoms with E-state index < -0.39 is 0 Å². The Hall–Kier alpha value is -2.60. The zero-order chi connectivity index (χ0) is 23.6. The Bertz CT molecular complexity index is 931. The highest BCUT2D eigenvalue weighted by atomic mass is 16.5. The number of nitrogens with zero attached hydrogens (tertiary/aromatic N) is 1. The maximum Gasteiger partial charge on any atom is 0.314 e. The number of aryl methyl sites for hydroxylation is 2. The van der Waals surface area contributed by atoms with E-state index >= 15 is 0 Å². The predicted molar refractivity (Wildman–Crippen MR) is 134 cm³/mol. The van der Waals surface area contributed by atoms with E-state index in [1.54, 1.807) is 6.07 Å². The summed E-state index contributed by atoms with van der Waals surface area (Å²) in [6, 6.07) is 17.0. The lowest BCUT2D eigenvalue weighted by molar-refractivity contribution is -0.140. The number of ether oxygens (including phenoxy) is 1. The van der Waals surface area contributed by atoms with Crippen molar-refractivity contribution in [1.82, 2.24) is 0 Å². The smallest absolute Gasteiger partial charge is 0.314 e. The largest absolute Gasteiger partial charge is 0.425 e. The standard InChI is InChI=1S/C30H39NO2/c1-4-5-6-7-24-12-19-29(28(20-24)21-31)33-30(32)27-17-15-26(16-18-27)25-13-10-23(11-14-25)9-8-22(2)3/h10-14,19-20,22,26-27H,4-9,15-18H2,1-3H3. The summed E-state index contributed by atoms with van der Waals surface area (Å²) >= 11 is 0. The fraction of sp³-hybridized carbons (Fsp3) is 0.533. The van der Waals surface area contributed by atoms with Gasteiger partial charge in [0, 0.05) is 0 Å². The van der Waals surface area contributed by atoms with Gasteiger partial charge in [-0.3, -0.25) is 4.79 Å². The van der Waals surface area contributed by atoms with Crippen molar-refractivity contribution in [1.29, 1.82) is 5.26 Å². The molecule has 3 rings (SSSR count). The molecular weight excluding hydrogens is 406 g/mol. The van der Waals surface area contributed by atoms with E-state index in [-0.39, 0.29) is 11.9 Å². The fourth-order valence-corrected chi connectivity index (χ4v) is 4.75. The maximum atomic E-state index is 12.8. The molecule has 3 nitrogen and oxygen atoms in total. The molecule has 0 N–H and O–H groups in total. The molecule has 0 heterocycles. The fourth-order valence-electron chi connectivity index (χ4n) is 4.75. The second-order valence-corrected chi connectivity index (χ2v) is 10.0. The minimum Gasteiger partial charge on any atom is -0.425 e. The molecule has 1 fully saturated rings. The highest BCUT2D eigenvalue weighted by molar-refractivity contribution is 5.76. The summed E-state index contributed by atoms with van der Waals surface area (Å²) < 4.78 is 5.70. The van der Waals surface area contributed by atoms with Crippen LogP contribution >= 0.6 is 0 Å². The average Bonchev–Trinajstić information content (AvgIpc) is 2.84. The molecule has 0 radical (unpaired) electrons. The van der Waals surface area contributed by atoms with Crippen molar-refractivity contribution in [3.63, 3.8) is 0 Å². The Morgan fingerprint density at radius 3 is 2.33 bits per heavy atom. The lowest BCUT2D eigenvalue weighted by Crippen LogP contribution is -2.25. The van der Waals surface area contributed by atoms with Gasteiger partial charge in [-0.2, -0.15) is 5.26 Å². The van der Waals surface area contributed by atoms with E-state index in [1.807, 2.05) is 12.1 Å². The molecule has 0 unspecified atom stereocenters. The molecule has 2 aromatic carbocycles. The van der Waals surface area contributed by atoms with Crippen LogP contribution in [0.15, 0.2) is 42.5 Å². The number of benzene rings is 2. The van der Waals surface area contributed by atoms with Crippen molar-refractivity contribution in [3.8, 4) is 11.8 Å². The highest BCUT2D eigenvalue weighted by Gasteiger charge is 2.29. The molecule has 1 aliphatic carbocycles. The van der Waals surface area contributed by atoms with Crippen LogP contribution < -0.4 is 4.74 Å². The molecule has 0 amide bonds. The van der Waals surface area contributed by atoms with Gasteiger partial charge in [0.05, 0.1) is 11.5 Å². The van der Waals surface area contributed by atoms with Crippen molar-refractivity contribution < 1.29 is 9.53 Å². The molecule has 2 aromatic rings. The number of unbranched alkanes of at least 4 members (excludes halogenated alkanes) is 2. The monoisotopic (exact) mass is 445 g/mol. The third kappa shape index (κ3) is 7.46. The maximum absolute atomic E-state index is 12.8. The molecular formula is C30H39NO2. The molecule has 0 spiro atoms. The third-order valence-electron chi connectivity index (χ3n) is 6.97. The zero-order valence-corrected chi connectivity index (χ0v) is 20.6. The van der Waals surface area contributed by atoms with E-state index in [0.29, 0.717) is 17.2 Å². The highest BCUT2D eigenvalue weighted by Crippen LogP contribution is 2.37. The predicted octanol–water partition coefficient (Wildman–Crippen LogP) is 7.76. The third-order valence-corrected chi connectivity index (χ3v) is 6.97. The molecule has 176 valence electrons. The minimum absolute atomic E-state index is 0.0812. The van der Waals surface area contributed by atoms with Crippen molar-refractivity contribution >= 4 is 5.97 Å². The summed E-state index contributed by atoms with van der Waals surface area (Å²) in [6.45, 7) is 6.71. The van der Waals surface area contributed by atoms with Crippen molar-refractivity contribution in [2.24, 2.45) is 11.8 Å². The van der Waals surface area contributed by atoms with Crippen LogP contribution in [0.25, 0.3) is 0 Å². The Kier molecular flexibility index (Phi) is 9.55. The SMILES string of the molecule is CCCCCc1ccc(OC(=O)C2CCC(c3ccc(CCC(C)C)cc3)CC2)c(C#N)c1. The quantitative estimate of drug-likeness (QED) is 0.213. The van der Waals surface area contributed by atoms with E-state index in [1.165, 1.54) is 30.4 Å². The molecule has 1 aliphatic rings. The zero-order valence-electron chi connectivity index (χ0n) is 20.6. The van der Waals surface area contributed by atoms with Gasteiger partial charge < -0.3 is 4.74 Å². The number of rotatable bonds is 10.